The smallest absolute Gasteiger partial charge is 0.199 e. The van der Waals surface area contributed by atoms with Crippen molar-refractivity contribution in [3.8, 4) is 22.2 Å². The summed E-state index contributed by atoms with van der Waals surface area (Å²) in [7, 11) is 3.74. The van der Waals surface area contributed by atoms with Crippen molar-refractivity contribution in [2.45, 2.75) is 39.0 Å². The average Bonchev–Trinajstić information content (AvgIpc) is 3.29. The highest BCUT2D eigenvalue weighted by molar-refractivity contribution is 7.71. The molecule has 0 aliphatic heterocycles. The van der Waals surface area contributed by atoms with Crippen LogP contribution in [0.5, 0.6) is 11.5 Å². The molecule has 0 atom stereocenters. The van der Waals surface area contributed by atoms with Crippen molar-refractivity contribution in [3.05, 3.63) is 46.0 Å². The van der Waals surface area contributed by atoms with E-state index in [2.05, 4.69) is 40.1 Å². The Labute approximate surface area is 180 Å². The van der Waals surface area contributed by atoms with Gasteiger partial charge in [0.05, 0.1) is 25.3 Å². The Bertz CT molecular complexity index is 1020. The highest BCUT2D eigenvalue weighted by Crippen LogP contribution is 2.39. The van der Waals surface area contributed by atoms with Crippen molar-refractivity contribution >= 4 is 23.6 Å². The van der Waals surface area contributed by atoms with Crippen LogP contribution in [0.2, 0.25) is 0 Å². The molecule has 8 heteroatoms. The van der Waals surface area contributed by atoms with E-state index >= 15 is 0 Å². The summed E-state index contributed by atoms with van der Waals surface area (Å²) in [6.07, 6.45) is 2.36. The van der Waals surface area contributed by atoms with Gasteiger partial charge >= 0.3 is 0 Å². The highest BCUT2D eigenvalue weighted by Gasteiger charge is 2.29. The van der Waals surface area contributed by atoms with Gasteiger partial charge in [0.2, 0.25) is 0 Å². The molecule has 0 bridgehead atoms. The van der Waals surface area contributed by atoms with E-state index in [1.165, 1.54) is 17.7 Å². The first kappa shape index (κ1) is 20.1. The van der Waals surface area contributed by atoms with Crippen LogP contribution in [-0.4, -0.2) is 40.0 Å². The van der Waals surface area contributed by atoms with Gasteiger partial charge in [0.1, 0.15) is 0 Å². The Morgan fingerprint density at radius 3 is 2.76 bits per heavy atom. The van der Waals surface area contributed by atoms with E-state index < -0.39 is 0 Å². The summed E-state index contributed by atoms with van der Waals surface area (Å²) >= 11 is 7.48. The molecule has 0 spiro atoms. The minimum Gasteiger partial charge on any atom is -0.493 e. The minimum atomic E-state index is 0.494. The number of thiophene rings is 1. The summed E-state index contributed by atoms with van der Waals surface area (Å²) in [6, 6.07) is 10.7. The van der Waals surface area contributed by atoms with E-state index in [-0.39, 0.29) is 0 Å². The average molecular weight is 431 g/mol. The lowest BCUT2D eigenvalue weighted by molar-refractivity contribution is 0.243. The number of benzene rings is 1. The van der Waals surface area contributed by atoms with E-state index in [0.717, 1.165) is 34.2 Å². The first-order valence-electron chi connectivity index (χ1n) is 9.82. The number of hydrogen-bond acceptors (Lipinski definition) is 6. The standard InChI is InChI=1S/C21H26N4O2S2/c1-4-27-17-10-7-15(12-18(17)26-3)13-23(2)14-24-21(28)25(16-8-9-16)20(22-24)19-6-5-11-29-19/h5-7,10-12,16H,4,8-9,13-14H2,1-3H3. The molecule has 6 nitrogen and oxygen atoms in total. The molecular formula is C21H26N4O2S2. The Hall–Kier alpha value is -2.16. The Morgan fingerprint density at radius 1 is 1.28 bits per heavy atom. The summed E-state index contributed by atoms with van der Waals surface area (Å²) in [5, 5.41) is 6.95. The van der Waals surface area contributed by atoms with E-state index in [1.54, 1.807) is 18.4 Å². The molecule has 0 saturated heterocycles. The second-order valence-electron chi connectivity index (χ2n) is 7.26. The molecule has 3 aromatic rings. The maximum Gasteiger partial charge on any atom is 0.199 e. The van der Waals surface area contributed by atoms with Crippen molar-refractivity contribution in [3.63, 3.8) is 0 Å². The highest BCUT2D eigenvalue weighted by atomic mass is 32.1. The maximum absolute atomic E-state index is 5.78. The van der Waals surface area contributed by atoms with Crippen LogP contribution in [0.4, 0.5) is 0 Å². The van der Waals surface area contributed by atoms with Crippen LogP contribution in [0.15, 0.2) is 35.7 Å². The topological polar surface area (TPSA) is 44.5 Å². The largest absolute Gasteiger partial charge is 0.493 e. The zero-order valence-corrected chi connectivity index (χ0v) is 18.6. The molecule has 2 heterocycles. The molecule has 0 radical (unpaired) electrons. The summed E-state index contributed by atoms with van der Waals surface area (Å²) in [6.45, 7) is 3.97. The summed E-state index contributed by atoms with van der Waals surface area (Å²) in [4.78, 5) is 3.37. The van der Waals surface area contributed by atoms with Crippen molar-refractivity contribution < 1.29 is 9.47 Å². The predicted octanol–water partition coefficient (Wildman–Crippen LogP) is 4.97. The number of rotatable bonds is 9. The van der Waals surface area contributed by atoms with Crippen LogP contribution >= 0.6 is 23.6 Å². The van der Waals surface area contributed by atoms with Gasteiger partial charge in [0.25, 0.3) is 0 Å². The van der Waals surface area contributed by atoms with Gasteiger partial charge in [0, 0.05) is 12.6 Å². The van der Waals surface area contributed by atoms with E-state index in [9.17, 15) is 0 Å². The zero-order chi connectivity index (χ0) is 20.4. The van der Waals surface area contributed by atoms with E-state index in [1.807, 2.05) is 23.7 Å². The van der Waals surface area contributed by atoms with Crippen molar-refractivity contribution in [2.24, 2.45) is 0 Å². The predicted molar refractivity (Wildman–Crippen MR) is 118 cm³/mol. The third kappa shape index (κ3) is 4.39. The molecule has 1 saturated carbocycles. The van der Waals surface area contributed by atoms with Gasteiger partial charge in [-0.3, -0.25) is 9.47 Å². The van der Waals surface area contributed by atoms with Gasteiger partial charge in [-0.05, 0) is 68.2 Å². The van der Waals surface area contributed by atoms with Gasteiger partial charge in [0.15, 0.2) is 22.1 Å². The van der Waals surface area contributed by atoms with Crippen molar-refractivity contribution in [2.75, 3.05) is 20.8 Å². The summed E-state index contributed by atoms with van der Waals surface area (Å²) in [5.74, 6) is 2.52. The maximum atomic E-state index is 5.78. The molecule has 0 N–H and O–H groups in total. The number of nitrogens with zero attached hydrogens (tertiary/aromatic N) is 4. The number of ether oxygens (including phenoxy) is 2. The Balaban J connectivity index is 1.52. The molecule has 29 heavy (non-hydrogen) atoms. The summed E-state index contributed by atoms with van der Waals surface area (Å²) < 4.78 is 16.1. The second kappa shape index (κ2) is 8.69. The molecule has 0 unspecified atom stereocenters. The van der Waals surface area contributed by atoms with E-state index in [4.69, 9.17) is 26.8 Å². The fraction of sp³-hybridized carbons (Fsp3) is 0.429. The molecule has 4 rings (SSSR count). The first-order chi connectivity index (χ1) is 14.1. The van der Waals surface area contributed by atoms with E-state index in [0.29, 0.717) is 19.3 Å². The van der Waals surface area contributed by atoms with Crippen molar-refractivity contribution in [1.82, 2.24) is 19.2 Å². The fourth-order valence-corrected chi connectivity index (χ4v) is 4.46. The van der Waals surface area contributed by atoms with Gasteiger partial charge < -0.3 is 9.47 Å². The molecule has 1 fully saturated rings. The first-order valence-corrected chi connectivity index (χ1v) is 11.1. The molecule has 0 amide bonds. The van der Waals surface area contributed by atoms with Crippen molar-refractivity contribution in [1.29, 1.82) is 0 Å². The lowest BCUT2D eigenvalue weighted by Crippen LogP contribution is -2.22. The van der Waals surface area contributed by atoms with Crippen LogP contribution in [0.1, 0.15) is 31.4 Å². The lowest BCUT2D eigenvalue weighted by Gasteiger charge is -2.18. The fourth-order valence-electron chi connectivity index (χ4n) is 3.42. The third-order valence-electron chi connectivity index (χ3n) is 4.88. The Kier molecular flexibility index (Phi) is 6.03. The number of aromatic nitrogens is 3. The monoisotopic (exact) mass is 430 g/mol. The van der Waals surface area contributed by atoms with Gasteiger partial charge in [-0.25, -0.2) is 4.68 Å². The normalized spacial score (nSPS) is 13.8. The third-order valence-corrected chi connectivity index (χ3v) is 6.15. The number of methoxy groups -OCH3 is 1. The molecule has 154 valence electrons. The van der Waals surface area contributed by atoms with Crippen LogP contribution in [-0.2, 0) is 13.2 Å². The zero-order valence-electron chi connectivity index (χ0n) is 17.0. The molecule has 1 aliphatic rings. The quantitative estimate of drug-likeness (QED) is 0.448. The molecule has 2 aromatic heterocycles. The van der Waals surface area contributed by atoms with Crippen LogP contribution in [0.25, 0.3) is 10.7 Å². The van der Waals surface area contributed by atoms with Gasteiger partial charge in [-0.1, -0.05) is 12.1 Å². The second-order valence-corrected chi connectivity index (χ2v) is 8.57. The van der Waals surface area contributed by atoms with Crippen LogP contribution in [0, 0.1) is 4.77 Å². The van der Waals surface area contributed by atoms with Crippen LogP contribution < -0.4 is 9.47 Å². The summed E-state index contributed by atoms with van der Waals surface area (Å²) in [5.41, 5.74) is 1.15. The van der Waals surface area contributed by atoms with Gasteiger partial charge in [-0.2, -0.15) is 0 Å². The Morgan fingerprint density at radius 2 is 2.10 bits per heavy atom. The molecule has 1 aliphatic carbocycles. The molecule has 1 aromatic carbocycles. The number of hydrogen-bond donors (Lipinski definition) is 0. The van der Waals surface area contributed by atoms with Crippen LogP contribution in [0.3, 0.4) is 0 Å². The minimum absolute atomic E-state index is 0.494. The molecular weight excluding hydrogens is 404 g/mol. The SMILES string of the molecule is CCOc1ccc(CN(C)Cn2nc(-c3cccs3)n(C3CC3)c2=S)cc1OC. The lowest BCUT2D eigenvalue weighted by atomic mass is 10.2. The van der Waals surface area contributed by atoms with Gasteiger partial charge in [-0.15, -0.1) is 16.4 Å².